The molecule has 1 saturated heterocycles. The highest BCUT2D eigenvalue weighted by Crippen LogP contribution is 2.27. The molecule has 0 spiro atoms. The molecular weight excluding hydrogens is 288 g/mol. The molecule has 3 heterocycles. The van der Waals surface area contributed by atoms with Gasteiger partial charge in [0.15, 0.2) is 0 Å². The fourth-order valence-electron chi connectivity index (χ4n) is 3.08. The van der Waals surface area contributed by atoms with Gasteiger partial charge in [-0.3, -0.25) is 0 Å². The van der Waals surface area contributed by atoms with Gasteiger partial charge in [0.1, 0.15) is 11.5 Å². The Balaban J connectivity index is 1.48. The second-order valence-corrected chi connectivity index (χ2v) is 5.92. The van der Waals surface area contributed by atoms with Crippen LogP contribution < -0.4 is 5.32 Å². The highest BCUT2D eigenvalue weighted by molar-refractivity contribution is 5.90. The Morgan fingerprint density at radius 3 is 2.70 bits per heavy atom. The summed E-state index contributed by atoms with van der Waals surface area (Å²) in [7, 11) is 0. The van der Waals surface area contributed by atoms with Crippen LogP contribution in [0.25, 0.3) is 22.4 Å². The summed E-state index contributed by atoms with van der Waals surface area (Å²) in [6, 6.07) is 14.1. The molecule has 0 unspecified atom stereocenters. The summed E-state index contributed by atoms with van der Waals surface area (Å²) in [5, 5.41) is 8.49. The number of anilines is 1. The van der Waals surface area contributed by atoms with Crippen molar-refractivity contribution in [3.63, 3.8) is 0 Å². The van der Waals surface area contributed by atoms with Crippen molar-refractivity contribution in [3.05, 3.63) is 42.5 Å². The summed E-state index contributed by atoms with van der Waals surface area (Å²) < 4.78 is 5.41. The molecule has 0 amide bonds. The minimum absolute atomic E-state index is 0.579. The molecule has 5 heteroatoms. The third-order valence-corrected chi connectivity index (χ3v) is 4.32. The number of hydrogen-bond acceptors (Lipinski definition) is 5. The van der Waals surface area contributed by atoms with Crippen molar-refractivity contribution in [3.8, 4) is 11.3 Å². The first-order valence-corrected chi connectivity index (χ1v) is 8.18. The van der Waals surface area contributed by atoms with Gasteiger partial charge in [-0.05, 0) is 38.1 Å². The predicted octanol–water partition coefficient (Wildman–Crippen LogP) is 3.40. The van der Waals surface area contributed by atoms with E-state index in [0.29, 0.717) is 5.71 Å². The molecule has 0 atom stereocenters. The van der Waals surface area contributed by atoms with Gasteiger partial charge < -0.3 is 14.7 Å². The number of fused-ring (bicyclic) bond motifs is 1. The molecule has 0 saturated carbocycles. The van der Waals surface area contributed by atoms with Crippen LogP contribution in [0.2, 0.25) is 0 Å². The first-order valence-electron chi connectivity index (χ1n) is 8.18. The lowest BCUT2D eigenvalue weighted by Crippen LogP contribution is -2.26. The second kappa shape index (κ2) is 6.38. The van der Waals surface area contributed by atoms with Gasteiger partial charge in [-0.2, -0.15) is 4.98 Å². The molecule has 2 aromatic heterocycles. The molecule has 0 bridgehead atoms. The van der Waals surface area contributed by atoms with E-state index in [1.807, 2.05) is 42.5 Å². The van der Waals surface area contributed by atoms with Crippen LogP contribution in [0.15, 0.2) is 47.0 Å². The van der Waals surface area contributed by atoms with Gasteiger partial charge in [0.05, 0.1) is 5.39 Å². The lowest BCUT2D eigenvalue weighted by Gasteiger charge is -2.14. The molecule has 1 aliphatic heterocycles. The topological polar surface area (TPSA) is 54.2 Å². The van der Waals surface area contributed by atoms with E-state index in [0.717, 1.165) is 35.6 Å². The molecule has 1 aliphatic rings. The maximum absolute atomic E-state index is 5.41. The van der Waals surface area contributed by atoms with Gasteiger partial charge in [-0.1, -0.05) is 35.5 Å². The van der Waals surface area contributed by atoms with Gasteiger partial charge in [0, 0.05) is 18.7 Å². The van der Waals surface area contributed by atoms with Crippen molar-refractivity contribution in [2.45, 2.75) is 12.8 Å². The van der Waals surface area contributed by atoms with Crippen LogP contribution >= 0.6 is 0 Å². The number of aromatic nitrogens is 2. The van der Waals surface area contributed by atoms with Crippen LogP contribution in [0.4, 0.5) is 5.82 Å². The minimum Gasteiger partial charge on any atom is -0.369 e. The van der Waals surface area contributed by atoms with Crippen molar-refractivity contribution in [1.29, 1.82) is 0 Å². The summed E-state index contributed by atoms with van der Waals surface area (Å²) >= 11 is 0. The van der Waals surface area contributed by atoms with Crippen LogP contribution in [0.3, 0.4) is 0 Å². The number of pyridine rings is 1. The first kappa shape index (κ1) is 14.2. The third-order valence-electron chi connectivity index (χ3n) is 4.32. The van der Waals surface area contributed by atoms with Gasteiger partial charge >= 0.3 is 0 Å². The number of nitrogens with one attached hydrogen (secondary N) is 1. The number of hydrogen-bond donors (Lipinski definition) is 1. The SMILES string of the molecule is c1ccc(-c2noc3nc(NCCN4CCCC4)ccc23)cc1. The van der Waals surface area contributed by atoms with Crippen molar-refractivity contribution in [2.24, 2.45) is 0 Å². The van der Waals surface area contributed by atoms with E-state index in [2.05, 4.69) is 20.4 Å². The Labute approximate surface area is 135 Å². The molecule has 4 rings (SSSR count). The van der Waals surface area contributed by atoms with Gasteiger partial charge in [-0.25, -0.2) is 0 Å². The van der Waals surface area contributed by atoms with E-state index >= 15 is 0 Å². The monoisotopic (exact) mass is 308 g/mol. The zero-order valence-corrected chi connectivity index (χ0v) is 13.0. The highest BCUT2D eigenvalue weighted by atomic mass is 16.5. The second-order valence-electron chi connectivity index (χ2n) is 5.92. The van der Waals surface area contributed by atoms with Gasteiger partial charge in [0.2, 0.25) is 0 Å². The number of benzene rings is 1. The van der Waals surface area contributed by atoms with E-state index in [-0.39, 0.29) is 0 Å². The maximum Gasteiger partial charge on any atom is 0.260 e. The van der Waals surface area contributed by atoms with E-state index in [4.69, 9.17) is 4.52 Å². The molecule has 1 fully saturated rings. The number of likely N-dealkylation sites (tertiary alicyclic amines) is 1. The number of nitrogens with zero attached hydrogens (tertiary/aromatic N) is 3. The predicted molar refractivity (Wildman–Crippen MR) is 91.4 cm³/mol. The van der Waals surface area contributed by atoms with Gasteiger partial charge in [0.25, 0.3) is 5.71 Å². The van der Waals surface area contributed by atoms with Crippen molar-refractivity contribution >= 4 is 16.9 Å². The molecule has 1 N–H and O–H groups in total. The Morgan fingerprint density at radius 1 is 1.04 bits per heavy atom. The van der Waals surface area contributed by atoms with Crippen LogP contribution in [-0.4, -0.2) is 41.2 Å². The van der Waals surface area contributed by atoms with E-state index in [9.17, 15) is 0 Å². The van der Waals surface area contributed by atoms with Crippen molar-refractivity contribution in [2.75, 3.05) is 31.5 Å². The third kappa shape index (κ3) is 3.05. The van der Waals surface area contributed by atoms with Crippen LogP contribution in [0.1, 0.15) is 12.8 Å². The summed E-state index contributed by atoms with van der Waals surface area (Å²) in [6.07, 6.45) is 2.65. The molecule has 23 heavy (non-hydrogen) atoms. The molecule has 118 valence electrons. The Bertz CT molecular complexity index is 778. The average Bonchev–Trinajstić information content (AvgIpc) is 3.25. The fraction of sp³-hybridized carbons (Fsp3) is 0.333. The smallest absolute Gasteiger partial charge is 0.260 e. The Hall–Kier alpha value is -2.40. The summed E-state index contributed by atoms with van der Waals surface area (Å²) in [4.78, 5) is 7.01. The summed E-state index contributed by atoms with van der Waals surface area (Å²) in [5.41, 5.74) is 2.47. The molecule has 0 aliphatic carbocycles. The van der Waals surface area contributed by atoms with E-state index in [1.54, 1.807) is 0 Å². The average molecular weight is 308 g/mol. The van der Waals surface area contributed by atoms with E-state index < -0.39 is 0 Å². The molecule has 0 radical (unpaired) electrons. The zero-order valence-electron chi connectivity index (χ0n) is 13.0. The highest BCUT2D eigenvalue weighted by Gasteiger charge is 2.13. The van der Waals surface area contributed by atoms with Crippen LogP contribution in [0, 0.1) is 0 Å². The fourth-order valence-corrected chi connectivity index (χ4v) is 3.08. The van der Waals surface area contributed by atoms with Gasteiger partial charge in [-0.15, -0.1) is 0 Å². The standard InChI is InChI=1S/C18H20N4O/c1-2-6-14(7-3-1)17-15-8-9-16(20-18(15)23-21-17)19-10-13-22-11-4-5-12-22/h1-3,6-9H,4-5,10-13H2,(H,19,20). The molecule has 3 aromatic rings. The summed E-state index contributed by atoms with van der Waals surface area (Å²) in [5.74, 6) is 0.840. The largest absolute Gasteiger partial charge is 0.369 e. The first-order chi connectivity index (χ1) is 11.4. The van der Waals surface area contributed by atoms with Crippen molar-refractivity contribution in [1.82, 2.24) is 15.0 Å². The summed E-state index contributed by atoms with van der Waals surface area (Å²) in [6.45, 7) is 4.40. The molecule has 1 aromatic carbocycles. The number of rotatable bonds is 5. The van der Waals surface area contributed by atoms with Crippen LogP contribution in [-0.2, 0) is 0 Å². The lowest BCUT2D eigenvalue weighted by molar-refractivity contribution is 0.352. The van der Waals surface area contributed by atoms with Crippen LogP contribution in [0.5, 0.6) is 0 Å². The quantitative estimate of drug-likeness (QED) is 0.783. The lowest BCUT2D eigenvalue weighted by atomic mass is 10.1. The minimum atomic E-state index is 0.579. The van der Waals surface area contributed by atoms with Crippen molar-refractivity contribution < 1.29 is 4.52 Å². The van der Waals surface area contributed by atoms with E-state index in [1.165, 1.54) is 25.9 Å². The molecule has 5 nitrogen and oxygen atoms in total. The Kier molecular flexibility index (Phi) is 3.94. The normalized spacial score (nSPS) is 15.3. The zero-order chi connectivity index (χ0) is 15.5. The molecular formula is C18H20N4O. The maximum atomic E-state index is 5.41. The Morgan fingerprint density at radius 2 is 1.87 bits per heavy atom.